The molecule has 1 aromatic rings. The molecule has 0 saturated carbocycles. The van der Waals surface area contributed by atoms with Gasteiger partial charge in [-0.05, 0) is 30.8 Å². The van der Waals surface area contributed by atoms with Gasteiger partial charge in [0.25, 0.3) is 0 Å². The zero-order valence-corrected chi connectivity index (χ0v) is 10.1. The fraction of sp³-hybridized carbons (Fsp3) is 0.727. The number of aromatic nitrogens is 3. The van der Waals surface area contributed by atoms with Gasteiger partial charge in [-0.3, -0.25) is 0 Å². The molecule has 1 saturated heterocycles. The summed E-state index contributed by atoms with van der Waals surface area (Å²) >= 11 is 2.01. The molecular formula is C11H17N3OS. The third-order valence-electron chi connectivity index (χ3n) is 2.82. The highest BCUT2D eigenvalue weighted by molar-refractivity contribution is 7.99. The van der Waals surface area contributed by atoms with Gasteiger partial charge in [0.15, 0.2) is 5.82 Å². The number of aliphatic hydroxyl groups excluding tert-OH is 1. The maximum absolute atomic E-state index is 8.77. The molecule has 0 amide bonds. The molecule has 16 heavy (non-hydrogen) atoms. The lowest BCUT2D eigenvalue weighted by molar-refractivity contribution is 0.287. The summed E-state index contributed by atoms with van der Waals surface area (Å²) in [5.74, 6) is 3.77. The average Bonchev–Trinajstić information content (AvgIpc) is 2.38. The SMILES string of the molecule is OCCCc1nncc(C2CCSCC2)n1. The van der Waals surface area contributed by atoms with Crippen molar-refractivity contribution in [2.45, 2.75) is 31.6 Å². The Morgan fingerprint density at radius 3 is 2.94 bits per heavy atom. The van der Waals surface area contributed by atoms with Gasteiger partial charge in [0.05, 0.1) is 11.9 Å². The molecule has 0 aliphatic carbocycles. The summed E-state index contributed by atoms with van der Waals surface area (Å²) in [5.41, 5.74) is 1.09. The van der Waals surface area contributed by atoms with Crippen LogP contribution in [0.4, 0.5) is 0 Å². The Hall–Kier alpha value is -0.680. The third-order valence-corrected chi connectivity index (χ3v) is 3.87. The topological polar surface area (TPSA) is 58.9 Å². The highest BCUT2D eigenvalue weighted by atomic mass is 32.2. The van der Waals surface area contributed by atoms with Crippen LogP contribution in [0.25, 0.3) is 0 Å². The molecule has 88 valence electrons. The number of hydrogen-bond donors (Lipinski definition) is 1. The molecule has 1 aromatic heterocycles. The van der Waals surface area contributed by atoms with Gasteiger partial charge in [-0.15, -0.1) is 5.10 Å². The van der Waals surface area contributed by atoms with E-state index in [1.165, 1.54) is 24.3 Å². The molecule has 5 heteroatoms. The number of aliphatic hydroxyl groups is 1. The highest BCUT2D eigenvalue weighted by Crippen LogP contribution is 2.29. The summed E-state index contributed by atoms with van der Waals surface area (Å²) in [7, 11) is 0. The van der Waals surface area contributed by atoms with E-state index in [9.17, 15) is 0 Å². The monoisotopic (exact) mass is 239 g/mol. The predicted octanol–water partition coefficient (Wildman–Crippen LogP) is 1.41. The van der Waals surface area contributed by atoms with Gasteiger partial charge in [0.2, 0.25) is 0 Å². The van der Waals surface area contributed by atoms with E-state index < -0.39 is 0 Å². The maximum Gasteiger partial charge on any atom is 0.151 e. The Bertz CT molecular complexity index is 329. The van der Waals surface area contributed by atoms with Crippen molar-refractivity contribution in [3.63, 3.8) is 0 Å². The Morgan fingerprint density at radius 2 is 2.19 bits per heavy atom. The Labute approximate surface area is 99.9 Å². The zero-order valence-electron chi connectivity index (χ0n) is 9.30. The van der Waals surface area contributed by atoms with Crippen molar-refractivity contribution in [3.05, 3.63) is 17.7 Å². The van der Waals surface area contributed by atoms with E-state index in [1.807, 2.05) is 11.8 Å². The van der Waals surface area contributed by atoms with E-state index in [0.717, 1.165) is 17.9 Å². The summed E-state index contributed by atoms with van der Waals surface area (Å²) in [6, 6.07) is 0. The van der Waals surface area contributed by atoms with Gasteiger partial charge < -0.3 is 5.11 Å². The van der Waals surface area contributed by atoms with Crippen molar-refractivity contribution in [1.82, 2.24) is 15.2 Å². The van der Waals surface area contributed by atoms with Crippen LogP contribution in [-0.2, 0) is 6.42 Å². The molecule has 4 nitrogen and oxygen atoms in total. The van der Waals surface area contributed by atoms with Gasteiger partial charge in [0, 0.05) is 18.9 Å². The molecule has 1 aliphatic heterocycles. The van der Waals surface area contributed by atoms with Gasteiger partial charge in [-0.1, -0.05) is 0 Å². The summed E-state index contributed by atoms with van der Waals surface area (Å²) < 4.78 is 0. The molecule has 0 bridgehead atoms. The molecule has 1 aliphatic rings. The fourth-order valence-corrected chi connectivity index (χ4v) is 2.99. The smallest absolute Gasteiger partial charge is 0.151 e. The number of hydrogen-bond acceptors (Lipinski definition) is 5. The van der Waals surface area contributed by atoms with E-state index in [4.69, 9.17) is 5.11 Å². The van der Waals surface area contributed by atoms with Crippen molar-refractivity contribution in [2.24, 2.45) is 0 Å². The first-order valence-electron chi connectivity index (χ1n) is 5.77. The normalized spacial score (nSPS) is 17.6. The van der Waals surface area contributed by atoms with Gasteiger partial charge >= 0.3 is 0 Å². The van der Waals surface area contributed by atoms with Crippen LogP contribution in [0.3, 0.4) is 0 Å². The van der Waals surface area contributed by atoms with Crippen molar-refractivity contribution >= 4 is 11.8 Å². The maximum atomic E-state index is 8.77. The van der Waals surface area contributed by atoms with E-state index in [1.54, 1.807) is 6.20 Å². The van der Waals surface area contributed by atoms with Crippen LogP contribution < -0.4 is 0 Å². The second-order valence-corrected chi connectivity index (χ2v) is 5.24. The lowest BCUT2D eigenvalue weighted by atomic mass is 9.99. The molecule has 0 atom stereocenters. The Balaban J connectivity index is 2.02. The number of aryl methyl sites for hydroxylation is 1. The molecule has 1 fully saturated rings. The standard InChI is InChI=1S/C11H17N3OS/c15-5-1-2-11-13-10(8-12-14-11)9-3-6-16-7-4-9/h8-9,15H,1-7H2. The molecule has 0 unspecified atom stereocenters. The van der Waals surface area contributed by atoms with Gasteiger partial charge in [-0.2, -0.15) is 16.9 Å². The van der Waals surface area contributed by atoms with E-state index in [2.05, 4.69) is 15.2 Å². The van der Waals surface area contributed by atoms with Crippen molar-refractivity contribution < 1.29 is 5.11 Å². The highest BCUT2D eigenvalue weighted by Gasteiger charge is 2.17. The first kappa shape index (κ1) is 11.8. The summed E-state index contributed by atoms with van der Waals surface area (Å²) in [6.07, 6.45) is 5.62. The number of nitrogens with zero attached hydrogens (tertiary/aromatic N) is 3. The minimum absolute atomic E-state index is 0.188. The molecule has 0 aromatic carbocycles. The van der Waals surface area contributed by atoms with Crippen LogP contribution in [0.2, 0.25) is 0 Å². The minimum Gasteiger partial charge on any atom is -0.396 e. The molecule has 2 heterocycles. The quantitative estimate of drug-likeness (QED) is 0.861. The number of rotatable bonds is 4. The average molecular weight is 239 g/mol. The van der Waals surface area contributed by atoms with E-state index >= 15 is 0 Å². The van der Waals surface area contributed by atoms with Crippen LogP contribution >= 0.6 is 11.8 Å². The zero-order chi connectivity index (χ0) is 11.2. The van der Waals surface area contributed by atoms with Crippen molar-refractivity contribution in [3.8, 4) is 0 Å². The molecule has 0 spiro atoms. The summed E-state index contributed by atoms with van der Waals surface area (Å²) in [6.45, 7) is 0.188. The van der Waals surface area contributed by atoms with Crippen molar-refractivity contribution in [1.29, 1.82) is 0 Å². The molecular weight excluding hydrogens is 222 g/mol. The van der Waals surface area contributed by atoms with Crippen LogP contribution in [0, 0.1) is 0 Å². The Kier molecular flexibility index (Phi) is 4.54. The largest absolute Gasteiger partial charge is 0.396 e. The summed E-state index contributed by atoms with van der Waals surface area (Å²) in [4.78, 5) is 4.54. The molecule has 0 radical (unpaired) electrons. The third kappa shape index (κ3) is 3.15. The fourth-order valence-electron chi connectivity index (χ4n) is 1.89. The second-order valence-electron chi connectivity index (χ2n) is 4.01. The van der Waals surface area contributed by atoms with Crippen LogP contribution in [0.15, 0.2) is 6.20 Å². The van der Waals surface area contributed by atoms with Crippen LogP contribution in [0.1, 0.15) is 36.7 Å². The predicted molar refractivity (Wildman–Crippen MR) is 64.5 cm³/mol. The first-order chi connectivity index (χ1) is 7.90. The minimum atomic E-state index is 0.188. The number of thioether (sulfide) groups is 1. The summed E-state index contributed by atoms with van der Waals surface area (Å²) in [5, 5.41) is 16.8. The van der Waals surface area contributed by atoms with Crippen LogP contribution in [0.5, 0.6) is 0 Å². The lowest BCUT2D eigenvalue weighted by Gasteiger charge is -2.20. The Morgan fingerprint density at radius 1 is 1.38 bits per heavy atom. The van der Waals surface area contributed by atoms with Crippen molar-refractivity contribution in [2.75, 3.05) is 18.1 Å². The second kappa shape index (κ2) is 6.15. The molecule has 2 rings (SSSR count). The lowest BCUT2D eigenvalue weighted by Crippen LogP contribution is -2.12. The molecule has 1 N–H and O–H groups in total. The van der Waals surface area contributed by atoms with Crippen LogP contribution in [-0.4, -0.2) is 38.4 Å². The first-order valence-corrected chi connectivity index (χ1v) is 6.92. The van der Waals surface area contributed by atoms with Gasteiger partial charge in [0.1, 0.15) is 0 Å². The van der Waals surface area contributed by atoms with Gasteiger partial charge in [-0.25, -0.2) is 4.98 Å². The van der Waals surface area contributed by atoms with E-state index in [-0.39, 0.29) is 6.61 Å². The van der Waals surface area contributed by atoms with E-state index in [0.29, 0.717) is 12.3 Å².